The average Bonchev–Trinajstić information content (AvgIpc) is 2.28. The number of rotatable bonds is 2. The maximum absolute atomic E-state index is 12.8. The number of halogens is 3. The van der Waals surface area contributed by atoms with Gasteiger partial charge in [0.1, 0.15) is 11.5 Å². The highest BCUT2D eigenvalue weighted by Crippen LogP contribution is 2.38. The van der Waals surface area contributed by atoms with Gasteiger partial charge in [-0.3, -0.25) is 0 Å². The number of hydrogen-bond donors (Lipinski definition) is 0. The Labute approximate surface area is 103 Å². The molecule has 0 aromatic heterocycles. The molecule has 94 valence electrons. The van der Waals surface area contributed by atoms with Gasteiger partial charge in [-0.05, 0) is 36.8 Å². The zero-order chi connectivity index (χ0) is 13.2. The lowest BCUT2D eigenvalue weighted by Crippen LogP contribution is -2.07. The molecular formula is C14H11F3O. The predicted octanol–water partition coefficient (Wildman–Crippen LogP) is 4.81. The third kappa shape index (κ3) is 2.83. The fraction of sp³-hybridized carbons (Fsp3) is 0.143. The number of benzene rings is 2. The molecule has 0 saturated heterocycles. The Morgan fingerprint density at radius 3 is 2.22 bits per heavy atom. The van der Waals surface area contributed by atoms with Gasteiger partial charge in [0.25, 0.3) is 0 Å². The fourth-order valence-electron chi connectivity index (χ4n) is 1.56. The first-order chi connectivity index (χ1) is 8.47. The Kier molecular flexibility index (Phi) is 3.28. The largest absolute Gasteiger partial charge is 0.457 e. The highest BCUT2D eigenvalue weighted by atomic mass is 19.4. The molecule has 4 heteroatoms. The molecule has 0 heterocycles. The van der Waals surface area contributed by atoms with Crippen molar-refractivity contribution in [3.05, 3.63) is 59.7 Å². The van der Waals surface area contributed by atoms with Gasteiger partial charge >= 0.3 is 6.18 Å². The minimum atomic E-state index is -4.42. The van der Waals surface area contributed by atoms with E-state index in [-0.39, 0.29) is 5.75 Å². The molecule has 0 N–H and O–H groups in total. The van der Waals surface area contributed by atoms with Crippen LogP contribution in [0, 0.1) is 6.92 Å². The summed E-state index contributed by atoms with van der Waals surface area (Å²) in [7, 11) is 0. The van der Waals surface area contributed by atoms with E-state index in [0.29, 0.717) is 11.3 Å². The first-order valence-corrected chi connectivity index (χ1v) is 5.37. The van der Waals surface area contributed by atoms with Crippen molar-refractivity contribution in [3.8, 4) is 11.5 Å². The first-order valence-electron chi connectivity index (χ1n) is 5.37. The monoisotopic (exact) mass is 252 g/mol. The third-order valence-corrected chi connectivity index (χ3v) is 2.41. The summed E-state index contributed by atoms with van der Waals surface area (Å²) in [6.45, 7) is 1.72. The van der Waals surface area contributed by atoms with E-state index in [1.165, 1.54) is 12.1 Å². The standard InChI is InChI=1S/C14H11F3O/c1-10-7-8-12(14(15,16)17)13(9-10)18-11-5-3-2-4-6-11/h2-9H,1H3. The summed E-state index contributed by atoms with van der Waals surface area (Å²) < 4.78 is 43.7. The van der Waals surface area contributed by atoms with Gasteiger partial charge in [-0.25, -0.2) is 0 Å². The zero-order valence-electron chi connectivity index (χ0n) is 9.66. The van der Waals surface area contributed by atoms with E-state index in [2.05, 4.69) is 0 Å². The molecule has 0 bridgehead atoms. The smallest absolute Gasteiger partial charge is 0.419 e. The molecule has 0 spiro atoms. The van der Waals surface area contributed by atoms with Crippen LogP contribution in [0.15, 0.2) is 48.5 Å². The van der Waals surface area contributed by atoms with Gasteiger partial charge in [0.15, 0.2) is 0 Å². The van der Waals surface area contributed by atoms with Crippen LogP contribution in [0.4, 0.5) is 13.2 Å². The molecule has 0 atom stereocenters. The van der Waals surface area contributed by atoms with Gasteiger partial charge < -0.3 is 4.74 Å². The molecule has 2 aromatic rings. The van der Waals surface area contributed by atoms with Crippen LogP contribution < -0.4 is 4.74 Å². The van der Waals surface area contributed by atoms with E-state index in [4.69, 9.17) is 4.74 Å². The second kappa shape index (κ2) is 4.72. The third-order valence-electron chi connectivity index (χ3n) is 2.41. The van der Waals surface area contributed by atoms with Gasteiger partial charge in [0.05, 0.1) is 5.56 Å². The second-order valence-electron chi connectivity index (χ2n) is 3.91. The molecule has 0 aliphatic heterocycles. The lowest BCUT2D eigenvalue weighted by atomic mass is 10.1. The van der Waals surface area contributed by atoms with Crippen LogP contribution in [0.25, 0.3) is 0 Å². The number of ether oxygens (including phenoxy) is 1. The molecule has 18 heavy (non-hydrogen) atoms. The van der Waals surface area contributed by atoms with Gasteiger partial charge in [-0.1, -0.05) is 24.3 Å². The Hall–Kier alpha value is -1.97. The highest BCUT2D eigenvalue weighted by molar-refractivity contribution is 5.42. The number of hydrogen-bond acceptors (Lipinski definition) is 1. The molecule has 0 radical (unpaired) electrons. The molecule has 0 amide bonds. The summed E-state index contributed by atoms with van der Waals surface area (Å²) in [6, 6.07) is 12.2. The molecule has 0 unspecified atom stereocenters. The van der Waals surface area contributed by atoms with Crippen LogP contribution in [-0.2, 0) is 6.18 Å². The molecule has 1 nitrogen and oxygen atoms in total. The Morgan fingerprint density at radius 1 is 0.944 bits per heavy atom. The Balaban J connectivity index is 2.40. The van der Waals surface area contributed by atoms with Crippen LogP contribution in [-0.4, -0.2) is 0 Å². The lowest BCUT2D eigenvalue weighted by molar-refractivity contribution is -0.138. The van der Waals surface area contributed by atoms with E-state index in [0.717, 1.165) is 6.07 Å². The van der Waals surface area contributed by atoms with E-state index < -0.39 is 11.7 Å². The Bertz CT molecular complexity index is 532. The Morgan fingerprint density at radius 2 is 1.61 bits per heavy atom. The van der Waals surface area contributed by atoms with Gasteiger partial charge in [0, 0.05) is 0 Å². The molecular weight excluding hydrogens is 241 g/mol. The van der Waals surface area contributed by atoms with Crippen LogP contribution in [0.3, 0.4) is 0 Å². The number of alkyl halides is 3. The van der Waals surface area contributed by atoms with Crippen molar-refractivity contribution in [1.82, 2.24) is 0 Å². The van der Waals surface area contributed by atoms with Crippen LogP contribution in [0.2, 0.25) is 0 Å². The first kappa shape index (κ1) is 12.5. The van der Waals surface area contributed by atoms with Crippen LogP contribution >= 0.6 is 0 Å². The summed E-state index contributed by atoms with van der Waals surface area (Å²) in [4.78, 5) is 0. The van der Waals surface area contributed by atoms with E-state index in [1.807, 2.05) is 0 Å². The highest BCUT2D eigenvalue weighted by Gasteiger charge is 2.34. The summed E-state index contributed by atoms with van der Waals surface area (Å²) in [5.41, 5.74) is -0.0501. The van der Waals surface area contributed by atoms with Crippen LogP contribution in [0.5, 0.6) is 11.5 Å². The van der Waals surface area contributed by atoms with Gasteiger partial charge in [-0.2, -0.15) is 13.2 Å². The summed E-state index contributed by atoms with van der Waals surface area (Å²) in [5, 5.41) is 0. The lowest BCUT2D eigenvalue weighted by Gasteiger charge is -2.14. The van der Waals surface area contributed by atoms with E-state index in [9.17, 15) is 13.2 Å². The van der Waals surface area contributed by atoms with Gasteiger partial charge in [0.2, 0.25) is 0 Å². The molecule has 2 aromatic carbocycles. The maximum Gasteiger partial charge on any atom is 0.419 e. The van der Waals surface area contributed by atoms with Crippen molar-refractivity contribution >= 4 is 0 Å². The topological polar surface area (TPSA) is 9.23 Å². The zero-order valence-corrected chi connectivity index (χ0v) is 9.66. The van der Waals surface area contributed by atoms with E-state index >= 15 is 0 Å². The number of para-hydroxylation sites is 1. The second-order valence-corrected chi connectivity index (χ2v) is 3.91. The fourth-order valence-corrected chi connectivity index (χ4v) is 1.56. The van der Waals surface area contributed by atoms with Crippen molar-refractivity contribution < 1.29 is 17.9 Å². The van der Waals surface area contributed by atoms with E-state index in [1.54, 1.807) is 37.3 Å². The minimum absolute atomic E-state index is 0.172. The normalized spacial score (nSPS) is 11.3. The minimum Gasteiger partial charge on any atom is -0.457 e. The molecule has 2 rings (SSSR count). The molecule has 0 aliphatic rings. The quantitative estimate of drug-likeness (QED) is 0.745. The predicted molar refractivity (Wildman–Crippen MR) is 62.7 cm³/mol. The summed E-state index contributed by atoms with van der Waals surface area (Å²) in [6.07, 6.45) is -4.42. The number of aryl methyl sites for hydroxylation is 1. The van der Waals surface area contributed by atoms with Crippen molar-refractivity contribution in [2.75, 3.05) is 0 Å². The molecule has 0 aliphatic carbocycles. The molecule has 0 saturated carbocycles. The maximum atomic E-state index is 12.8. The SMILES string of the molecule is Cc1ccc(C(F)(F)F)c(Oc2ccccc2)c1. The summed E-state index contributed by atoms with van der Waals surface area (Å²) in [5.74, 6) is 0.210. The average molecular weight is 252 g/mol. The van der Waals surface area contributed by atoms with Gasteiger partial charge in [-0.15, -0.1) is 0 Å². The van der Waals surface area contributed by atoms with Crippen molar-refractivity contribution in [1.29, 1.82) is 0 Å². The molecule has 0 fully saturated rings. The summed E-state index contributed by atoms with van der Waals surface area (Å²) >= 11 is 0. The van der Waals surface area contributed by atoms with Crippen LogP contribution in [0.1, 0.15) is 11.1 Å². The van der Waals surface area contributed by atoms with Crippen molar-refractivity contribution in [3.63, 3.8) is 0 Å². The van der Waals surface area contributed by atoms with Crippen molar-refractivity contribution in [2.24, 2.45) is 0 Å². The van der Waals surface area contributed by atoms with Crippen molar-refractivity contribution in [2.45, 2.75) is 13.1 Å².